The van der Waals surface area contributed by atoms with E-state index in [9.17, 15) is 0 Å². The van der Waals surface area contributed by atoms with E-state index in [0.717, 1.165) is 50.8 Å². The Balaban J connectivity index is 1.45. The molecule has 1 atom stereocenters. The fourth-order valence-electron chi connectivity index (χ4n) is 2.62. The van der Waals surface area contributed by atoms with Gasteiger partial charge in [0.25, 0.3) is 0 Å². The van der Waals surface area contributed by atoms with Crippen molar-refractivity contribution in [2.24, 2.45) is 0 Å². The maximum atomic E-state index is 5.77. The second-order valence-electron chi connectivity index (χ2n) is 5.20. The summed E-state index contributed by atoms with van der Waals surface area (Å²) in [4.78, 5) is 2.43. The van der Waals surface area contributed by atoms with E-state index >= 15 is 0 Å². The van der Waals surface area contributed by atoms with Crippen LogP contribution in [0.1, 0.15) is 12.5 Å². The van der Waals surface area contributed by atoms with Gasteiger partial charge in [-0.3, -0.25) is 4.90 Å². The number of fused-ring (bicyclic) bond motifs is 1. The lowest BCUT2D eigenvalue weighted by Crippen LogP contribution is -2.46. The van der Waals surface area contributed by atoms with Gasteiger partial charge in [-0.2, -0.15) is 0 Å². The van der Waals surface area contributed by atoms with Crippen LogP contribution in [0.2, 0.25) is 0 Å². The Kier molecular flexibility index (Phi) is 4.40. The first kappa shape index (κ1) is 13.7. The lowest BCUT2D eigenvalue weighted by atomic mass is 10.2. The smallest absolute Gasteiger partial charge is 0.231 e. The molecule has 1 unspecified atom stereocenters. The highest BCUT2D eigenvalue weighted by Gasteiger charge is 2.19. The average Bonchev–Trinajstić information content (AvgIpc) is 2.95. The van der Waals surface area contributed by atoms with Crippen LogP contribution in [-0.2, 0) is 11.3 Å². The molecular weight excluding hydrogens is 256 g/mol. The van der Waals surface area contributed by atoms with Gasteiger partial charge in [0.05, 0.1) is 12.7 Å². The molecule has 1 N–H and O–H groups in total. The van der Waals surface area contributed by atoms with E-state index in [1.165, 1.54) is 5.56 Å². The summed E-state index contributed by atoms with van der Waals surface area (Å²) in [6.07, 6.45) is 0.290. The summed E-state index contributed by atoms with van der Waals surface area (Å²) >= 11 is 0. The molecule has 1 aromatic carbocycles. The summed E-state index contributed by atoms with van der Waals surface area (Å²) in [7, 11) is 0. The average molecular weight is 278 g/mol. The van der Waals surface area contributed by atoms with E-state index in [-0.39, 0.29) is 6.10 Å². The van der Waals surface area contributed by atoms with Crippen LogP contribution in [0.3, 0.4) is 0 Å². The number of hydrogen-bond acceptors (Lipinski definition) is 5. The number of ether oxygens (including phenoxy) is 3. The summed E-state index contributed by atoms with van der Waals surface area (Å²) in [5.41, 5.74) is 1.21. The molecule has 1 fully saturated rings. The molecule has 3 rings (SSSR count). The standard InChI is InChI=1S/C15H22N2O3/c1-2-17-5-6-18-13(10-17)9-16-8-12-3-4-14-15(7-12)20-11-19-14/h3-4,7,13,16H,2,5-6,8-11H2,1H3. The molecule has 0 amide bonds. The molecule has 2 aliphatic rings. The van der Waals surface area contributed by atoms with E-state index in [1.54, 1.807) is 0 Å². The molecule has 0 saturated carbocycles. The normalized spacial score (nSPS) is 22.1. The van der Waals surface area contributed by atoms with E-state index in [1.807, 2.05) is 12.1 Å². The maximum Gasteiger partial charge on any atom is 0.231 e. The molecule has 2 heterocycles. The number of nitrogens with one attached hydrogen (secondary N) is 1. The number of nitrogens with zero attached hydrogens (tertiary/aromatic N) is 1. The van der Waals surface area contributed by atoms with Crippen molar-refractivity contribution in [3.63, 3.8) is 0 Å². The summed E-state index contributed by atoms with van der Waals surface area (Å²) < 4.78 is 16.5. The molecule has 0 radical (unpaired) electrons. The van der Waals surface area contributed by atoms with Gasteiger partial charge in [0.2, 0.25) is 6.79 Å². The fourth-order valence-corrected chi connectivity index (χ4v) is 2.62. The highest BCUT2D eigenvalue weighted by Crippen LogP contribution is 2.32. The van der Waals surface area contributed by atoms with Gasteiger partial charge in [-0.1, -0.05) is 13.0 Å². The Morgan fingerprint density at radius 1 is 1.30 bits per heavy atom. The number of hydrogen-bond donors (Lipinski definition) is 1. The van der Waals surface area contributed by atoms with E-state index in [2.05, 4.69) is 23.2 Å². The number of benzene rings is 1. The maximum absolute atomic E-state index is 5.77. The Hall–Kier alpha value is -1.30. The largest absolute Gasteiger partial charge is 0.454 e. The molecular formula is C15H22N2O3. The third-order valence-corrected chi connectivity index (χ3v) is 3.81. The molecule has 0 aromatic heterocycles. The minimum Gasteiger partial charge on any atom is -0.454 e. The minimum atomic E-state index is 0.290. The van der Waals surface area contributed by atoms with Crippen LogP contribution in [-0.4, -0.2) is 50.6 Å². The number of rotatable bonds is 5. The van der Waals surface area contributed by atoms with Crippen molar-refractivity contribution in [2.45, 2.75) is 19.6 Å². The molecule has 1 aromatic rings. The van der Waals surface area contributed by atoms with Crippen LogP contribution in [0, 0.1) is 0 Å². The summed E-state index contributed by atoms with van der Waals surface area (Å²) in [5.74, 6) is 1.68. The van der Waals surface area contributed by atoms with Gasteiger partial charge in [-0.25, -0.2) is 0 Å². The molecule has 0 bridgehead atoms. The Labute approximate surface area is 119 Å². The van der Waals surface area contributed by atoms with Gasteiger partial charge in [-0.15, -0.1) is 0 Å². The third-order valence-electron chi connectivity index (χ3n) is 3.81. The van der Waals surface area contributed by atoms with Gasteiger partial charge in [0.15, 0.2) is 11.5 Å². The second-order valence-corrected chi connectivity index (χ2v) is 5.20. The zero-order valence-corrected chi connectivity index (χ0v) is 11.9. The van der Waals surface area contributed by atoms with Crippen molar-refractivity contribution in [2.75, 3.05) is 39.6 Å². The van der Waals surface area contributed by atoms with Crippen LogP contribution in [0.25, 0.3) is 0 Å². The van der Waals surface area contributed by atoms with Gasteiger partial charge in [0.1, 0.15) is 0 Å². The molecule has 110 valence electrons. The topological polar surface area (TPSA) is 43.0 Å². The predicted octanol–water partition coefficient (Wildman–Crippen LogP) is 1.23. The SMILES string of the molecule is CCN1CCOC(CNCc2ccc3c(c2)OCO3)C1. The molecule has 2 aliphatic heterocycles. The molecule has 20 heavy (non-hydrogen) atoms. The van der Waals surface area contributed by atoms with Gasteiger partial charge < -0.3 is 19.5 Å². The molecule has 0 spiro atoms. The predicted molar refractivity (Wildman–Crippen MR) is 76.1 cm³/mol. The third kappa shape index (κ3) is 3.23. The van der Waals surface area contributed by atoms with E-state index in [0.29, 0.717) is 6.79 Å². The summed E-state index contributed by atoms with van der Waals surface area (Å²) in [6, 6.07) is 6.07. The van der Waals surface area contributed by atoms with Crippen molar-refractivity contribution < 1.29 is 14.2 Å². The lowest BCUT2D eigenvalue weighted by molar-refractivity contribution is -0.0253. The van der Waals surface area contributed by atoms with Crippen molar-refractivity contribution >= 4 is 0 Å². The van der Waals surface area contributed by atoms with Crippen molar-refractivity contribution in [3.05, 3.63) is 23.8 Å². The minimum absolute atomic E-state index is 0.290. The van der Waals surface area contributed by atoms with Crippen molar-refractivity contribution in [1.29, 1.82) is 0 Å². The Morgan fingerprint density at radius 2 is 2.20 bits per heavy atom. The monoisotopic (exact) mass is 278 g/mol. The number of morpholine rings is 1. The first-order chi connectivity index (χ1) is 9.85. The molecule has 0 aliphatic carbocycles. The van der Waals surface area contributed by atoms with Gasteiger partial charge >= 0.3 is 0 Å². The van der Waals surface area contributed by atoms with Crippen LogP contribution < -0.4 is 14.8 Å². The zero-order chi connectivity index (χ0) is 13.8. The quantitative estimate of drug-likeness (QED) is 0.877. The first-order valence-corrected chi connectivity index (χ1v) is 7.28. The van der Waals surface area contributed by atoms with Crippen molar-refractivity contribution in [3.8, 4) is 11.5 Å². The first-order valence-electron chi connectivity index (χ1n) is 7.28. The zero-order valence-electron chi connectivity index (χ0n) is 11.9. The Morgan fingerprint density at radius 3 is 3.10 bits per heavy atom. The van der Waals surface area contributed by atoms with Crippen LogP contribution >= 0.6 is 0 Å². The van der Waals surface area contributed by atoms with Gasteiger partial charge in [0, 0.05) is 26.2 Å². The molecule has 1 saturated heterocycles. The van der Waals surface area contributed by atoms with E-state index in [4.69, 9.17) is 14.2 Å². The lowest BCUT2D eigenvalue weighted by Gasteiger charge is -2.32. The van der Waals surface area contributed by atoms with Gasteiger partial charge in [-0.05, 0) is 24.2 Å². The van der Waals surface area contributed by atoms with Crippen LogP contribution in [0.5, 0.6) is 11.5 Å². The number of likely N-dealkylation sites (N-methyl/N-ethyl adjacent to an activating group) is 1. The van der Waals surface area contributed by atoms with Crippen LogP contribution in [0.15, 0.2) is 18.2 Å². The van der Waals surface area contributed by atoms with Crippen molar-refractivity contribution in [1.82, 2.24) is 10.2 Å². The summed E-state index contributed by atoms with van der Waals surface area (Å²) in [5, 5.41) is 3.46. The fraction of sp³-hybridized carbons (Fsp3) is 0.600. The Bertz CT molecular complexity index is 453. The summed E-state index contributed by atoms with van der Waals surface area (Å²) in [6.45, 7) is 8.23. The second kappa shape index (κ2) is 6.43. The van der Waals surface area contributed by atoms with E-state index < -0.39 is 0 Å². The van der Waals surface area contributed by atoms with Crippen LogP contribution in [0.4, 0.5) is 0 Å². The molecule has 5 heteroatoms. The highest BCUT2D eigenvalue weighted by molar-refractivity contribution is 5.44. The molecule has 5 nitrogen and oxygen atoms in total. The highest BCUT2D eigenvalue weighted by atomic mass is 16.7.